The Kier molecular flexibility index (Phi) is 3.97. The van der Waals surface area contributed by atoms with Crippen molar-refractivity contribution in [3.8, 4) is 0 Å². The second kappa shape index (κ2) is 5.13. The van der Waals surface area contributed by atoms with Crippen molar-refractivity contribution in [2.75, 3.05) is 0 Å². The summed E-state index contributed by atoms with van der Waals surface area (Å²) < 4.78 is 8.00. The molecule has 0 amide bonds. The highest BCUT2D eigenvalue weighted by Gasteiger charge is 2.37. The molecule has 0 aliphatic carbocycles. The van der Waals surface area contributed by atoms with Gasteiger partial charge in [0.1, 0.15) is 10.7 Å². The molecular formula is C14H22ClN3OSi. The molecule has 0 atom stereocenters. The Hall–Kier alpha value is -0.913. The Labute approximate surface area is 126 Å². The van der Waals surface area contributed by atoms with Crippen molar-refractivity contribution < 1.29 is 4.43 Å². The van der Waals surface area contributed by atoms with Gasteiger partial charge >= 0.3 is 0 Å². The van der Waals surface area contributed by atoms with Crippen molar-refractivity contribution in [1.82, 2.24) is 14.8 Å². The fourth-order valence-electron chi connectivity index (χ4n) is 1.75. The summed E-state index contributed by atoms with van der Waals surface area (Å²) in [7, 11) is 0.0919. The molecule has 0 bridgehead atoms. The number of fused-ring (bicyclic) bond motifs is 1. The molecule has 0 saturated carbocycles. The van der Waals surface area contributed by atoms with Gasteiger partial charge in [0.2, 0.25) is 0 Å². The van der Waals surface area contributed by atoms with Crippen molar-refractivity contribution in [3.63, 3.8) is 0 Å². The summed E-state index contributed by atoms with van der Waals surface area (Å²) in [6.07, 6.45) is 1.94. The lowest BCUT2D eigenvalue weighted by Crippen LogP contribution is -2.40. The topological polar surface area (TPSA) is 39.9 Å². The number of hydrogen-bond donors (Lipinski definition) is 0. The number of halogens is 1. The van der Waals surface area contributed by atoms with E-state index in [0.717, 1.165) is 16.6 Å². The molecule has 0 fully saturated rings. The molecule has 0 radical (unpaired) electrons. The van der Waals surface area contributed by atoms with Crippen LogP contribution in [-0.4, -0.2) is 23.1 Å². The molecule has 6 heteroatoms. The second-order valence-electron chi connectivity index (χ2n) is 6.68. The zero-order valence-corrected chi connectivity index (χ0v) is 14.7. The summed E-state index contributed by atoms with van der Waals surface area (Å²) in [6.45, 7) is 11.6. The number of aromatic nitrogens is 3. The minimum atomic E-state index is -1.80. The molecule has 0 aromatic carbocycles. The molecule has 0 spiro atoms. The zero-order valence-electron chi connectivity index (χ0n) is 13.0. The predicted octanol–water partition coefficient (Wildman–Crippen LogP) is 4.14. The van der Waals surface area contributed by atoms with Crippen LogP contribution >= 0.6 is 11.6 Å². The third-order valence-corrected chi connectivity index (χ3v) is 8.69. The first-order chi connectivity index (χ1) is 9.10. The van der Waals surface area contributed by atoms with Crippen LogP contribution in [0.2, 0.25) is 23.3 Å². The van der Waals surface area contributed by atoms with E-state index in [1.165, 1.54) is 0 Å². The van der Waals surface area contributed by atoms with Crippen LogP contribution in [0.4, 0.5) is 0 Å². The van der Waals surface area contributed by atoms with Gasteiger partial charge in [-0.05, 0) is 24.2 Å². The van der Waals surface area contributed by atoms with E-state index in [1.54, 1.807) is 4.68 Å². The van der Waals surface area contributed by atoms with E-state index in [-0.39, 0.29) is 5.04 Å². The summed E-state index contributed by atoms with van der Waals surface area (Å²) in [6, 6.07) is 1.83. The zero-order chi connectivity index (χ0) is 15.1. The molecular weight excluding hydrogens is 290 g/mol. The molecule has 2 heterocycles. The SMILES string of the molecule is Cn1cc2cc(Cl)nc(CO[Si](C)(C)C(C)(C)C)c2n1. The van der Waals surface area contributed by atoms with Crippen LogP contribution in [0.3, 0.4) is 0 Å². The predicted molar refractivity (Wildman–Crippen MR) is 85.5 cm³/mol. The maximum atomic E-state index is 6.22. The maximum absolute atomic E-state index is 6.22. The monoisotopic (exact) mass is 311 g/mol. The second-order valence-corrected chi connectivity index (χ2v) is 11.9. The van der Waals surface area contributed by atoms with Crippen molar-refractivity contribution in [2.24, 2.45) is 7.05 Å². The summed E-state index contributed by atoms with van der Waals surface area (Å²) in [5.41, 5.74) is 1.69. The molecule has 20 heavy (non-hydrogen) atoms. The highest BCUT2D eigenvalue weighted by molar-refractivity contribution is 6.74. The molecule has 0 unspecified atom stereocenters. The highest BCUT2D eigenvalue weighted by Crippen LogP contribution is 2.37. The normalized spacial score (nSPS) is 13.2. The van der Waals surface area contributed by atoms with E-state index >= 15 is 0 Å². The average Bonchev–Trinajstić information content (AvgIpc) is 2.64. The van der Waals surface area contributed by atoms with E-state index in [2.05, 4.69) is 43.9 Å². The van der Waals surface area contributed by atoms with Gasteiger partial charge in [-0.25, -0.2) is 4.98 Å². The summed E-state index contributed by atoms with van der Waals surface area (Å²) in [5, 5.41) is 6.11. The van der Waals surface area contributed by atoms with Gasteiger partial charge in [-0.15, -0.1) is 0 Å². The number of rotatable bonds is 3. The molecule has 2 rings (SSSR count). The van der Waals surface area contributed by atoms with Gasteiger partial charge in [-0.3, -0.25) is 4.68 Å². The summed E-state index contributed by atoms with van der Waals surface area (Å²) in [4.78, 5) is 4.39. The van der Waals surface area contributed by atoms with Gasteiger partial charge in [-0.2, -0.15) is 5.10 Å². The minimum absolute atomic E-state index is 0.175. The summed E-state index contributed by atoms with van der Waals surface area (Å²) in [5.74, 6) is 0. The van der Waals surface area contributed by atoms with E-state index in [4.69, 9.17) is 16.0 Å². The van der Waals surface area contributed by atoms with E-state index in [1.807, 2.05) is 19.3 Å². The molecule has 4 nitrogen and oxygen atoms in total. The number of pyridine rings is 1. The van der Waals surface area contributed by atoms with Gasteiger partial charge in [0.25, 0.3) is 0 Å². The van der Waals surface area contributed by atoms with E-state index < -0.39 is 8.32 Å². The van der Waals surface area contributed by atoms with Crippen molar-refractivity contribution in [3.05, 3.63) is 23.1 Å². The largest absolute Gasteiger partial charge is 0.411 e. The fraction of sp³-hybridized carbons (Fsp3) is 0.571. The van der Waals surface area contributed by atoms with Crippen LogP contribution in [0.5, 0.6) is 0 Å². The van der Waals surface area contributed by atoms with Crippen molar-refractivity contribution in [2.45, 2.75) is 45.5 Å². The lowest BCUT2D eigenvalue weighted by Gasteiger charge is -2.36. The fourth-order valence-corrected chi connectivity index (χ4v) is 2.90. The average molecular weight is 312 g/mol. The van der Waals surface area contributed by atoms with Gasteiger partial charge in [0.05, 0.1) is 12.3 Å². The Morgan fingerprint density at radius 1 is 1.35 bits per heavy atom. The Balaban J connectivity index is 2.30. The highest BCUT2D eigenvalue weighted by atomic mass is 35.5. The molecule has 110 valence electrons. The standard InChI is InChI=1S/C14H22ClN3OSi/c1-14(2,3)20(5,6)19-9-11-13-10(7-12(15)16-11)8-18(4)17-13/h7-8H,9H2,1-6H3. The number of aryl methyl sites for hydroxylation is 1. The quantitative estimate of drug-likeness (QED) is 0.631. The Morgan fingerprint density at radius 2 is 2.00 bits per heavy atom. The first-order valence-corrected chi connectivity index (χ1v) is 10.0. The number of nitrogens with zero attached hydrogens (tertiary/aromatic N) is 3. The molecule has 2 aromatic rings. The van der Waals surface area contributed by atoms with Crippen LogP contribution in [0.1, 0.15) is 26.5 Å². The molecule has 0 aliphatic heterocycles. The first-order valence-electron chi connectivity index (χ1n) is 6.73. The van der Waals surface area contributed by atoms with Gasteiger partial charge in [-0.1, -0.05) is 32.4 Å². The van der Waals surface area contributed by atoms with Gasteiger partial charge < -0.3 is 4.43 Å². The molecule has 0 saturated heterocycles. The first kappa shape index (κ1) is 15.5. The van der Waals surface area contributed by atoms with Gasteiger partial charge in [0, 0.05) is 18.6 Å². The molecule has 0 aliphatic rings. The molecule has 2 aromatic heterocycles. The van der Waals surface area contributed by atoms with Crippen LogP contribution in [0.15, 0.2) is 12.3 Å². The lowest BCUT2D eigenvalue weighted by molar-refractivity contribution is 0.273. The smallest absolute Gasteiger partial charge is 0.192 e. The number of hydrogen-bond acceptors (Lipinski definition) is 3. The Morgan fingerprint density at radius 3 is 2.60 bits per heavy atom. The lowest BCUT2D eigenvalue weighted by atomic mass is 10.2. The van der Waals surface area contributed by atoms with Gasteiger partial charge in [0.15, 0.2) is 8.32 Å². The van der Waals surface area contributed by atoms with Crippen LogP contribution in [-0.2, 0) is 18.1 Å². The Bertz CT molecular complexity index is 631. The van der Waals surface area contributed by atoms with E-state index in [0.29, 0.717) is 11.8 Å². The van der Waals surface area contributed by atoms with E-state index in [9.17, 15) is 0 Å². The van der Waals surface area contributed by atoms with Crippen LogP contribution < -0.4 is 0 Å². The third-order valence-electron chi connectivity index (χ3n) is 4.02. The molecule has 0 N–H and O–H groups in total. The summed E-state index contributed by atoms with van der Waals surface area (Å²) >= 11 is 6.08. The van der Waals surface area contributed by atoms with Crippen molar-refractivity contribution >= 4 is 30.8 Å². The minimum Gasteiger partial charge on any atom is -0.411 e. The van der Waals surface area contributed by atoms with Crippen LogP contribution in [0.25, 0.3) is 10.9 Å². The van der Waals surface area contributed by atoms with Crippen molar-refractivity contribution in [1.29, 1.82) is 0 Å². The maximum Gasteiger partial charge on any atom is 0.192 e. The third kappa shape index (κ3) is 3.05. The van der Waals surface area contributed by atoms with Crippen LogP contribution in [0, 0.1) is 0 Å².